The summed E-state index contributed by atoms with van der Waals surface area (Å²) in [5.74, 6) is -0.172. The average Bonchev–Trinajstić information content (AvgIpc) is 2.45. The first-order valence-electron chi connectivity index (χ1n) is 6.19. The molecule has 0 saturated heterocycles. The van der Waals surface area contributed by atoms with Gasteiger partial charge >= 0.3 is 6.61 Å². The quantitative estimate of drug-likeness (QED) is 0.872. The van der Waals surface area contributed by atoms with E-state index in [0.717, 1.165) is 5.56 Å². The van der Waals surface area contributed by atoms with Crippen LogP contribution >= 0.6 is 0 Å². The third-order valence-corrected chi connectivity index (χ3v) is 2.77. The number of anilines is 1. The van der Waals surface area contributed by atoms with E-state index in [4.69, 9.17) is 4.74 Å². The summed E-state index contributed by atoms with van der Waals surface area (Å²) in [4.78, 5) is 0. The molecule has 1 N–H and O–H groups in total. The van der Waals surface area contributed by atoms with Crippen LogP contribution < -0.4 is 14.8 Å². The third-order valence-electron chi connectivity index (χ3n) is 2.77. The molecule has 2 aromatic rings. The Morgan fingerprint density at radius 3 is 2.57 bits per heavy atom. The topological polar surface area (TPSA) is 30.5 Å². The van der Waals surface area contributed by atoms with Crippen LogP contribution in [0.15, 0.2) is 42.5 Å². The van der Waals surface area contributed by atoms with E-state index in [-0.39, 0.29) is 17.3 Å². The third kappa shape index (κ3) is 4.30. The Morgan fingerprint density at radius 2 is 1.90 bits per heavy atom. The van der Waals surface area contributed by atoms with Gasteiger partial charge in [0, 0.05) is 18.3 Å². The van der Waals surface area contributed by atoms with E-state index in [1.165, 1.54) is 31.4 Å². The molecular formula is C15H14F3NO2. The molecule has 0 atom stereocenters. The molecule has 0 aliphatic heterocycles. The number of ether oxygens (including phenoxy) is 2. The Morgan fingerprint density at radius 1 is 1.10 bits per heavy atom. The van der Waals surface area contributed by atoms with Gasteiger partial charge in [-0.15, -0.1) is 0 Å². The maximum absolute atomic E-state index is 13.1. The van der Waals surface area contributed by atoms with Gasteiger partial charge in [0.2, 0.25) is 0 Å². The summed E-state index contributed by atoms with van der Waals surface area (Å²) in [7, 11) is 1.37. The maximum Gasteiger partial charge on any atom is 0.387 e. The van der Waals surface area contributed by atoms with Crippen LogP contribution in [-0.4, -0.2) is 13.7 Å². The Labute approximate surface area is 120 Å². The Bertz CT molecular complexity index is 605. The van der Waals surface area contributed by atoms with Crippen LogP contribution in [0.1, 0.15) is 5.56 Å². The van der Waals surface area contributed by atoms with Crippen molar-refractivity contribution in [3.8, 4) is 11.5 Å². The van der Waals surface area contributed by atoms with Crippen molar-refractivity contribution in [2.75, 3.05) is 12.4 Å². The minimum atomic E-state index is -2.93. The minimum absolute atomic E-state index is 0.0586. The number of alkyl halides is 2. The summed E-state index contributed by atoms with van der Waals surface area (Å²) in [6.45, 7) is -2.57. The number of hydrogen-bond donors (Lipinski definition) is 1. The monoisotopic (exact) mass is 297 g/mol. The standard InChI is InChI=1S/C15H14F3NO2/c1-20-13-6-5-12(8-14(13)21-15(17)18)19-9-10-3-2-4-11(16)7-10/h2-8,15,19H,9H2,1H3. The van der Waals surface area contributed by atoms with Crippen LogP contribution in [0.3, 0.4) is 0 Å². The van der Waals surface area contributed by atoms with Crippen molar-refractivity contribution in [3.05, 3.63) is 53.8 Å². The molecule has 0 bridgehead atoms. The van der Waals surface area contributed by atoms with Crippen LogP contribution in [0.4, 0.5) is 18.9 Å². The molecule has 0 spiro atoms. The second kappa shape index (κ2) is 6.88. The van der Waals surface area contributed by atoms with Gasteiger partial charge in [0.05, 0.1) is 7.11 Å². The number of methoxy groups -OCH3 is 1. The SMILES string of the molecule is COc1ccc(NCc2cccc(F)c2)cc1OC(F)F. The Hall–Kier alpha value is -2.37. The fraction of sp³-hybridized carbons (Fsp3) is 0.200. The minimum Gasteiger partial charge on any atom is -0.493 e. The molecule has 6 heteroatoms. The smallest absolute Gasteiger partial charge is 0.387 e. The van der Waals surface area contributed by atoms with Crippen molar-refractivity contribution in [1.29, 1.82) is 0 Å². The molecular weight excluding hydrogens is 283 g/mol. The van der Waals surface area contributed by atoms with Gasteiger partial charge in [0.1, 0.15) is 5.82 Å². The number of nitrogens with one attached hydrogen (secondary N) is 1. The molecule has 0 amide bonds. The largest absolute Gasteiger partial charge is 0.493 e. The number of rotatable bonds is 6. The zero-order chi connectivity index (χ0) is 15.2. The second-order valence-corrected chi connectivity index (χ2v) is 4.23. The first kappa shape index (κ1) is 15.0. The molecule has 0 unspecified atom stereocenters. The first-order chi connectivity index (χ1) is 10.1. The summed E-state index contributed by atoms with van der Waals surface area (Å²) in [5, 5.41) is 3.01. The number of halogens is 3. The zero-order valence-electron chi connectivity index (χ0n) is 11.3. The molecule has 0 saturated carbocycles. The molecule has 21 heavy (non-hydrogen) atoms. The molecule has 0 heterocycles. The van der Waals surface area contributed by atoms with Gasteiger partial charge in [0.15, 0.2) is 11.5 Å². The summed E-state index contributed by atoms with van der Waals surface area (Å²) in [6.07, 6.45) is 0. The molecule has 0 aliphatic carbocycles. The summed E-state index contributed by atoms with van der Waals surface area (Å²) >= 11 is 0. The van der Waals surface area contributed by atoms with E-state index in [9.17, 15) is 13.2 Å². The van der Waals surface area contributed by atoms with E-state index >= 15 is 0 Å². The van der Waals surface area contributed by atoms with E-state index < -0.39 is 6.61 Å². The highest BCUT2D eigenvalue weighted by atomic mass is 19.3. The van der Waals surface area contributed by atoms with Crippen molar-refractivity contribution in [3.63, 3.8) is 0 Å². The summed E-state index contributed by atoms with van der Waals surface area (Å²) in [6, 6.07) is 10.7. The first-order valence-corrected chi connectivity index (χ1v) is 6.19. The van der Waals surface area contributed by atoms with Crippen LogP contribution in [0.25, 0.3) is 0 Å². The lowest BCUT2D eigenvalue weighted by Gasteiger charge is -2.12. The van der Waals surface area contributed by atoms with Crippen molar-refractivity contribution < 1.29 is 22.6 Å². The van der Waals surface area contributed by atoms with Crippen molar-refractivity contribution in [1.82, 2.24) is 0 Å². The highest BCUT2D eigenvalue weighted by Gasteiger charge is 2.11. The zero-order valence-corrected chi connectivity index (χ0v) is 11.3. The van der Waals surface area contributed by atoms with Gasteiger partial charge < -0.3 is 14.8 Å². The van der Waals surface area contributed by atoms with Gasteiger partial charge in [0.25, 0.3) is 0 Å². The molecule has 0 aliphatic rings. The average molecular weight is 297 g/mol. The predicted molar refractivity (Wildman–Crippen MR) is 73.4 cm³/mol. The van der Waals surface area contributed by atoms with Crippen molar-refractivity contribution >= 4 is 5.69 Å². The molecule has 3 nitrogen and oxygen atoms in total. The lowest BCUT2D eigenvalue weighted by Crippen LogP contribution is -2.05. The van der Waals surface area contributed by atoms with E-state index in [2.05, 4.69) is 10.1 Å². The fourth-order valence-corrected chi connectivity index (χ4v) is 1.83. The van der Waals surface area contributed by atoms with Crippen molar-refractivity contribution in [2.24, 2.45) is 0 Å². The van der Waals surface area contributed by atoms with Gasteiger partial charge in [-0.1, -0.05) is 12.1 Å². The van der Waals surface area contributed by atoms with Gasteiger partial charge in [-0.05, 0) is 29.8 Å². The van der Waals surface area contributed by atoms with Crippen LogP contribution in [0, 0.1) is 5.82 Å². The molecule has 2 aromatic carbocycles. The van der Waals surface area contributed by atoms with Gasteiger partial charge in [-0.3, -0.25) is 0 Å². The Balaban J connectivity index is 2.09. The molecule has 0 radical (unpaired) electrons. The van der Waals surface area contributed by atoms with Gasteiger partial charge in [-0.2, -0.15) is 8.78 Å². The molecule has 112 valence electrons. The lowest BCUT2D eigenvalue weighted by molar-refractivity contribution is -0.0511. The van der Waals surface area contributed by atoms with Crippen LogP contribution in [-0.2, 0) is 6.54 Å². The molecule has 0 aromatic heterocycles. The van der Waals surface area contributed by atoms with Crippen LogP contribution in [0.2, 0.25) is 0 Å². The number of benzene rings is 2. The summed E-state index contributed by atoms with van der Waals surface area (Å²) in [5.41, 5.74) is 1.30. The second-order valence-electron chi connectivity index (χ2n) is 4.23. The Kier molecular flexibility index (Phi) is 4.92. The highest BCUT2D eigenvalue weighted by molar-refractivity contribution is 5.55. The molecule has 2 rings (SSSR count). The normalized spacial score (nSPS) is 10.5. The summed E-state index contributed by atoms with van der Waals surface area (Å²) < 4.78 is 47.0. The number of hydrogen-bond acceptors (Lipinski definition) is 3. The molecule has 0 fully saturated rings. The lowest BCUT2D eigenvalue weighted by atomic mass is 10.2. The van der Waals surface area contributed by atoms with Gasteiger partial charge in [-0.25, -0.2) is 4.39 Å². The van der Waals surface area contributed by atoms with E-state index in [1.807, 2.05) is 0 Å². The van der Waals surface area contributed by atoms with Crippen LogP contribution in [0.5, 0.6) is 11.5 Å². The van der Waals surface area contributed by atoms with E-state index in [1.54, 1.807) is 18.2 Å². The van der Waals surface area contributed by atoms with Crippen molar-refractivity contribution in [2.45, 2.75) is 13.2 Å². The fourth-order valence-electron chi connectivity index (χ4n) is 1.83. The van der Waals surface area contributed by atoms with E-state index in [0.29, 0.717) is 12.2 Å². The maximum atomic E-state index is 13.1. The highest BCUT2D eigenvalue weighted by Crippen LogP contribution is 2.31. The predicted octanol–water partition coefficient (Wildman–Crippen LogP) is 4.05.